The summed E-state index contributed by atoms with van der Waals surface area (Å²) in [7, 11) is 0. The van der Waals surface area contributed by atoms with Crippen molar-refractivity contribution in [3.05, 3.63) is 69.2 Å². The minimum atomic E-state index is -0.480. The van der Waals surface area contributed by atoms with Crippen molar-refractivity contribution in [3.63, 3.8) is 0 Å². The molecule has 0 saturated carbocycles. The molecule has 0 N–H and O–H groups in total. The van der Waals surface area contributed by atoms with Gasteiger partial charge in [0, 0.05) is 17.5 Å². The zero-order chi connectivity index (χ0) is 15.7. The maximum atomic E-state index is 13.5. The molecule has 7 heteroatoms. The highest BCUT2D eigenvalue weighted by atomic mass is 35.5. The fraction of sp³-hybridized carbons (Fsp3) is 0.133. The fourth-order valence-electron chi connectivity index (χ4n) is 2.35. The highest BCUT2D eigenvalue weighted by Gasteiger charge is 2.14. The van der Waals surface area contributed by atoms with Gasteiger partial charge in [0.15, 0.2) is 5.15 Å². The summed E-state index contributed by atoms with van der Waals surface area (Å²) < 4.78 is 15.1. The van der Waals surface area contributed by atoms with Crippen molar-refractivity contribution in [2.75, 3.05) is 0 Å². The normalized spacial score (nSPS) is 14.6. The molecular formula is C15H11ClFN3O2. The smallest absolute Gasteiger partial charge is 0.259 e. The SMILES string of the molecule is O=[N+]([O-])c1ccc2c(c1)c(Cl)nn2CC1=CC(F)=CC=CC1. The lowest BCUT2D eigenvalue weighted by molar-refractivity contribution is -0.384. The van der Waals surface area contributed by atoms with Crippen LogP contribution in [0.5, 0.6) is 0 Å². The number of nitrogens with zero attached hydrogens (tertiary/aromatic N) is 3. The van der Waals surface area contributed by atoms with Crippen molar-refractivity contribution in [1.82, 2.24) is 9.78 Å². The molecule has 0 atom stereocenters. The number of non-ortho nitro benzene ring substituents is 1. The predicted octanol–water partition coefficient (Wildman–Crippen LogP) is 4.34. The summed E-state index contributed by atoms with van der Waals surface area (Å²) in [6.07, 6.45) is 6.99. The molecule has 0 saturated heterocycles. The van der Waals surface area contributed by atoms with Gasteiger partial charge in [0.1, 0.15) is 5.83 Å². The van der Waals surface area contributed by atoms with Gasteiger partial charge in [-0.05, 0) is 30.2 Å². The molecule has 5 nitrogen and oxygen atoms in total. The maximum absolute atomic E-state index is 13.5. The van der Waals surface area contributed by atoms with Crippen molar-refractivity contribution in [2.24, 2.45) is 0 Å². The van der Waals surface area contributed by atoms with E-state index in [1.807, 2.05) is 6.08 Å². The molecule has 1 aliphatic rings. The highest BCUT2D eigenvalue weighted by molar-refractivity contribution is 6.34. The van der Waals surface area contributed by atoms with E-state index >= 15 is 0 Å². The third kappa shape index (κ3) is 2.78. The van der Waals surface area contributed by atoms with E-state index in [4.69, 9.17) is 11.6 Å². The second kappa shape index (κ2) is 5.73. The minimum Gasteiger partial charge on any atom is -0.259 e. The van der Waals surface area contributed by atoms with E-state index in [0.29, 0.717) is 23.9 Å². The van der Waals surface area contributed by atoms with Crippen LogP contribution >= 0.6 is 11.6 Å². The zero-order valence-electron chi connectivity index (χ0n) is 11.4. The van der Waals surface area contributed by atoms with Gasteiger partial charge in [0.25, 0.3) is 5.69 Å². The molecule has 22 heavy (non-hydrogen) atoms. The summed E-state index contributed by atoms with van der Waals surface area (Å²) in [5.41, 5.74) is 1.47. The fourth-order valence-corrected chi connectivity index (χ4v) is 2.59. The lowest BCUT2D eigenvalue weighted by atomic mass is 10.1. The number of rotatable bonds is 3. The van der Waals surface area contributed by atoms with Gasteiger partial charge in [-0.2, -0.15) is 5.10 Å². The van der Waals surface area contributed by atoms with Crippen molar-refractivity contribution in [3.8, 4) is 0 Å². The molecule has 0 unspecified atom stereocenters. The number of nitro benzene ring substituents is 1. The Hall–Kier alpha value is -2.47. The zero-order valence-corrected chi connectivity index (χ0v) is 12.1. The van der Waals surface area contributed by atoms with Crippen LogP contribution in [0, 0.1) is 10.1 Å². The van der Waals surface area contributed by atoms with E-state index in [2.05, 4.69) is 5.10 Å². The number of hydrogen-bond acceptors (Lipinski definition) is 3. The average molecular weight is 320 g/mol. The van der Waals surface area contributed by atoms with Crippen LogP contribution in [-0.2, 0) is 6.54 Å². The largest absolute Gasteiger partial charge is 0.270 e. The van der Waals surface area contributed by atoms with Crippen LogP contribution in [0.3, 0.4) is 0 Å². The molecule has 1 aliphatic carbocycles. The molecule has 2 aromatic rings. The summed E-state index contributed by atoms with van der Waals surface area (Å²) in [5.74, 6) is -0.318. The first-order valence-corrected chi connectivity index (χ1v) is 6.94. The van der Waals surface area contributed by atoms with E-state index < -0.39 is 4.92 Å². The molecule has 3 rings (SSSR count). The number of halogens is 2. The number of fused-ring (bicyclic) bond motifs is 1. The molecular weight excluding hydrogens is 309 g/mol. The van der Waals surface area contributed by atoms with E-state index in [9.17, 15) is 14.5 Å². The van der Waals surface area contributed by atoms with E-state index in [1.54, 1.807) is 16.8 Å². The Bertz CT molecular complexity index is 852. The minimum absolute atomic E-state index is 0.0421. The highest BCUT2D eigenvalue weighted by Crippen LogP contribution is 2.28. The standard InChI is InChI=1S/C15H11ClFN3O2/c16-15-13-8-12(20(21)22)5-6-14(13)19(18-15)9-10-3-1-2-4-11(17)7-10/h1-2,4-8H,3,9H2. The van der Waals surface area contributed by atoms with E-state index in [0.717, 1.165) is 5.57 Å². The quantitative estimate of drug-likeness (QED) is 0.624. The van der Waals surface area contributed by atoms with E-state index in [-0.39, 0.29) is 16.7 Å². The van der Waals surface area contributed by atoms with Gasteiger partial charge in [-0.15, -0.1) is 0 Å². The van der Waals surface area contributed by atoms with Gasteiger partial charge in [0.2, 0.25) is 0 Å². The number of allylic oxidation sites excluding steroid dienone is 6. The molecule has 1 aromatic heterocycles. The van der Waals surface area contributed by atoms with Crippen LogP contribution in [-0.4, -0.2) is 14.7 Å². The Kier molecular flexibility index (Phi) is 3.77. The molecule has 1 aromatic carbocycles. The van der Waals surface area contributed by atoms with Crippen LogP contribution in [0.25, 0.3) is 10.9 Å². The topological polar surface area (TPSA) is 61.0 Å². The first-order chi connectivity index (χ1) is 10.5. The summed E-state index contributed by atoms with van der Waals surface area (Å²) in [6.45, 7) is 0.368. The Morgan fingerprint density at radius 3 is 3.05 bits per heavy atom. The van der Waals surface area contributed by atoms with Crippen LogP contribution in [0.15, 0.2) is 53.9 Å². The van der Waals surface area contributed by atoms with Crippen LogP contribution in [0.4, 0.5) is 10.1 Å². The van der Waals surface area contributed by atoms with Gasteiger partial charge >= 0.3 is 0 Å². The number of benzene rings is 1. The van der Waals surface area contributed by atoms with E-state index in [1.165, 1.54) is 24.3 Å². The van der Waals surface area contributed by atoms with Crippen LogP contribution < -0.4 is 0 Å². The molecule has 0 amide bonds. The monoisotopic (exact) mass is 319 g/mol. The first-order valence-electron chi connectivity index (χ1n) is 6.57. The number of nitro groups is 1. The average Bonchev–Trinajstić information content (AvgIpc) is 2.65. The third-order valence-corrected chi connectivity index (χ3v) is 3.65. The van der Waals surface area contributed by atoms with Gasteiger partial charge in [-0.1, -0.05) is 23.8 Å². The Morgan fingerprint density at radius 1 is 1.45 bits per heavy atom. The Labute approximate surface area is 130 Å². The number of hydrogen-bond donors (Lipinski definition) is 0. The lowest BCUT2D eigenvalue weighted by Gasteiger charge is -2.06. The van der Waals surface area contributed by atoms with Crippen molar-refractivity contribution in [2.45, 2.75) is 13.0 Å². The van der Waals surface area contributed by atoms with Gasteiger partial charge in [0.05, 0.1) is 17.0 Å². The molecule has 0 fully saturated rings. The summed E-state index contributed by atoms with van der Waals surface area (Å²) in [5, 5.41) is 15.7. The second-order valence-electron chi connectivity index (χ2n) is 4.89. The third-order valence-electron chi connectivity index (χ3n) is 3.37. The summed E-state index contributed by atoms with van der Waals surface area (Å²) in [4.78, 5) is 10.3. The van der Waals surface area contributed by atoms with Crippen molar-refractivity contribution in [1.29, 1.82) is 0 Å². The molecule has 0 bridgehead atoms. The molecule has 0 radical (unpaired) electrons. The second-order valence-corrected chi connectivity index (χ2v) is 5.25. The van der Waals surface area contributed by atoms with Crippen LogP contribution in [0.2, 0.25) is 5.15 Å². The molecule has 1 heterocycles. The number of aromatic nitrogens is 2. The Balaban J connectivity index is 2.00. The lowest BCUT2D eigenvalue weighted by Crippen LogP contribution is -2.03. The predicted molar refractivity (Wildman–Crippen MR) is 82.4 cm³/mol. The van der Waals surface area contributed by atoms with Gasteiger partial charge in [-0.25, -0.2) is 4.39 Å². The molecule has 0 aliphatic heterocycles. The van der Waals surface area contributed by atoms with Gasteiger partial charge < -0.3 is 0 Å². The molecule has 0 spiro atoms. The van der Waals surface area contributed by atoms with Crippen molar-refractivity contribution >= 4 is 28.2 Å². The maximum Gasteiger partial charge on any atom is 0.270 e. The van der Waals surface area contributed by atoms with Gasteiger partial charge in [-0.3, -0.25) is 14.8 Å². The van der Waals surface area contributed by atoms with Crippen LogP contribution in [0.1, 0.15) is 6.42 Å². The molecule has 112 valence electrons. The summed E-state index contributed by atoms with van der Waals surface area (Å²) >= 11 is 6.06. The Morgan fingerprint density at radius 2 is 2.27 bits per heavy atom. The first kappa shape index (κ1) is 14.5. The van der Waals surface area contributed by atoms with Crippen molar-refractivity contribution < 1.29 is 9.31 Å². The summed E-state index contributed by atoms with van der Waals surface area (Å²) in [6, 6.07) is 4.40.